The molecule has 1 amide bonds. The number of aromatic nitrogens is 3. The standard InChI is InChI=1S/C24H20N4O2S/c1-31-17-8-6-16(7-9-17)23-20-21(18-4-2-3-5-19(18)29)26-27-22(20)24(30)28(23)14-15-10-12-25-13-11-15/h2-13,23,29H,14H2,1H3,(H,26,27)/t23-/m0/s1. The summed E-state index contributed by atoms with van der Waals surface area (Å²) in [6, 6.07) is 18.8. The molecule has 4 aromatic rings. The number of fused-ring (bicyclic) bond motifs is 1. The summed E-state index contributed by atoms with van der Waals surface area (Å²) in [7, 11) is 0. The topological polar surface area (TPSA) is 82.1 Å². The lowest BCUT2D eigenvalue weighted by Crippen LogP contribution is -2.29. The van der Waals surface area contributed by atoms with Gasteiger partial charge in [-0.15, -0.1) is 11.8 Å². The van der Waals surface area contributed by atoms with Gasteiger partial charge in [0, 0.05) is 35.0 Å². The van der Waals surface area contributed by atoms with E-state index in [1.807, 2.05) is 35.4 Å². The van der Waals surface area contributed by atoms with Gasteiger partial charge < -0.3 is 10.0 Å². The van der Waals surface area contributed by atoms with Crippen molar-refractivity contribution >= 4 is 17.7 Å². The number of hydrogen-bond acceptors (Lipinski definition) is 5. The van der Waals surface area contributed by atoms with Gasteiger partial charge in [-0.3, -0.25) is 14.9 Å². The van der Waals surface area contributed by atoms with Gasteiger partial charge in [-0.25, -0.2) is 0 Å². The van der Waals surface area contributed by atoms with E-state index in [1.165, 1.54) is 0 Å². The fourth-order valence-corrected chi connectivity index (χ4v) is 4.46. The first kappa shape index (κ1) is 19.4. The Morgan fingerprint density at radius 1 is 1.06 bits per heavy atom. The first-order chi connectivity index (χ1) is 15.2. The molecular weight excluding hydrogens is 408 g/mol. The average Bonchev–Trinajstić information content (AvgIpc) is 3.34. The van der Waals surface area contributed by atoms with Gasteiger partial charge >= 0.3 is 0 Å². The molecule has 0 unspecified atom stereocenters. The van der Waals surface area contributed by atoms with Crippen LogP contribution >= 0.6 is 11.8 Å². The van der Waals surface area contributed by atoms with Gasteiger partial charge in [0.2, 0.25) is 0 Å². The van der Waals surface area contributed by atoms with E-state index >= 15 is 0 Å². The molecule has 0 saturated carbocycles. The number of hydrogen-bond donors (Lipinski definition) is 2. The number of phenols is 1. The third-order valence-corrected chi connectivity index (χ3v) is 6.30. The van der Waals surface area contributed by atoms with Crippen LogP contribution < -0.4 is 0 Å². The summed E-state index contributed by atoms with van der Waals surface area (Å²) in [5.74, 6) is 0.0215. The third-order valence-electron chi connectivity index (χ3n) is 5.56. The Bertz CT molecular complexity index is 1240. The van der Waals surface area contributed by atoms with E-state index in [1.54, 1.807) is 36.3 Å². The number of phenolic OH excluding ortho intramolecular Hbond substituents is 1. The lowest BCUT2D eigenvalue weighted by Gasteiger charge is -2.26. The van der Waals surface area contributed by atoms with Crippen LogP contribution in [0.3, 0.4) is 0 Å². The van der Waals surface area contributed by atoms with E-state index in [9.17, 15) is 9.90 Å². The molecule has 31 heavy (non-hydrogen) atoms. The number of benzene rings is 2. The molecule has 0 radical (unpaired) electrons. The second-order valence-electron chi connectivity index (χ2n) is 7.34. The molecule has 3 heterocycles. The summed E-state index contributed by atoms with van der Waals surface area (Å²) < 4.78 is 0. The maximum absolute atomic E-state index is 13.4. The highest BCUT2D eigenvalue weighted by molar-refractivity contribution is 7.98. The van der Waals surface area contributed by atoms with Crippen molar-refractivity contribution < 1.29 is 9.90 Å². The van der Waals surface area contributed by atoms with Crippen LogP contribution in [0.25, 0.3) is 11.3 Å². The van der Waals surface area contributed by atoms with Crippen molar-refractivity contribution in [3.05, 3.63) is 95.4 Å². The second-order valence-corrected chi connectivity index (χ2v) is 8.22. The van der Waals surface area contributed by atoms with Crippen LogP contribution in [0, 0.1) is 0 Å². The molecule has 0 spiro atoms. The second kappa shape index (κ2) is 7.92. The maximum atomic E-state index is 13.4. The number of para-hydroxylation sites is 1. The van der Waals surface area contributed by atoms with E-state index in [2.05, 4.69) is 39.4 Å². The van der Waals surface area contributed by atoms with E-state index in [4.69, 9.17) is 0 Å². The highest BCUT2D eigenvalue weighted by Crippen LogP contribution is 2.45. The molecule has 2 aromatic carbocycles. The van der Waals surface area contributed by atoms with Crippen molar-refractivity contribution in [1.29, 1.82) is 0 Å². The zero-order chi connectivity index (χ0) is 21.4. The Balaban J connectivity index is 1.66. The first-order valence-corrected chi connectivity index (χ1v) is 11.1. The number of nitrogens with zero attached hydrogens (tertiary/aromatic N) is 3. The molecule has 154 valence electrons. The smallest absolute Gasteiger partial charge is 0.273 e. The van der Waals surface area contributed by atoms with Crippen molar-refractivity contribution in [3.63, 3.8) is 0 Å². The van der Waals surface area contributed by atoms with Gasteiger partial charge in [-0.2, -0.15) is 5.10 Å². The molecule has 0 aliphatic carbocycles. The fraction of sp³-hybridized carbons (Fsp3) is 0.125. The Kier molecular flexibility index (Phi) is 4.95. The minimum Gasteiger partial charge on any atom is -0.507 e. The van der Waals surface area contributed by atoms with Gasteiger partial charge in [-0.1, -0.05) is 24.3 Å². The van der Waals surface area contributed by atoms with E-state index < -0.39 is 0 Å². The number of rotatable bonds is 5. The van der Waals surface area contributed by atoms with Crippen molar-refractivity contribution in [3.8, 4) is 17.0 Å². The summed E-state index contributed by atoms with van der Waals surface area (Å²) in [5, 5.41) is 17.8. The SMILES string of the molecule is CSc1ccc([C@H]2c3c(-c4ccccc4O)n[nH]c3C(=O)N2Cc2ccncc2)cc1. The number of aromatic hydroxyl groups is 1. The maximum Gasteiger partial charge on any atom is 0.273 e. The Hall–Kier alpha value is -3.58. The molecule has 7 heteroatoms. The van der Waals surface area contributed by atoms with Crippen molar-refractivity contribution in [2.75, 3.05) is 6.26 Å². The van der Waals surface area contributed by atoms with Gasteiger partial charge in [0.15, 0.2) is 0 Å². The Labute approximate surface area is 184 Å². The summed E-state index contributed by atoms with van der Waals surface area (Å²) in [5.41, 5.74) is 4.44. The Morgan fingerprint density at radius 2 is 1.81 bits per heavy atom. The van der Waals surface area contributed by atoms with Gasteiger partial charge in [-0.05, 0) is 53.8 Å². The summed E-state index contributed by atoms with van der Waals surface area (Å²) in [6.07, 6.45) is 5.49. The van der Waals surface area contributed by atoms with E-state index in [0.29, 0.717) is 23.5 Å². The molecule has 2 N–H and O–H groups in total. The summed E-state index contributed by atoms with van der Waals surface area (Å²) >= 11 is 1.67. The normalized spacial score (nSPS) is 15.3. The monoisotopic (exact) mass is 428 g/mol. The number of carbonyl (C=O) groups is 1. The largest absolute Gasteiger partial charge is 0.507 e. The van der Waals surface area contributed by atoms with Crippen LogP contribution in [0.5, 0.6) is 5.75 Å². The third kappa shape index (κ3) is 3.37. The molecule has 0 saturated heterocycles. The molecule has 0 bridgehead atoms. The lowest BCUT2D eigenvalue weighted by molar-refractivity contribution is 0.0730. The van der Waals surface area contributed by atoms with Crippen LogP contribution in [0.15, 0.2) is 78.0 Å². The Morgan fingerprint density at radius 3 is 2.52 bits per heavy atom. The fourth-order valence-electron chi connectivity index (χ4n) is 4.06. The first-order valence-electron chi connectivity index (χ1n) is 9.88. The van der Waals surface area contributed by atoms with Crippen LogP contribution in [-0.2, 0) is 6.54 Å². The summed E-state index contributed by atoms with van der Waals surface area (Å²) in [6.45, 7) is 0.443. The van der Waals surface area contributed by atoms with Gasteiger partial charge in [0.1, 0.15) is 17.1 Å². The predicted octanol–water partition coefficient (Wildman–Crippen LogP) is 4.64. The molecule has 2 aromatic heterocycles. The van der Waals surface area contributed by atoms with Crippen molar-refractivity contribution in [1.82, 2.24) is 20.1 Å². The molecule has 0 fully saturated rings. The lowest BCUT2D eigenvalue weighted by atomic mass is 9.95. The average molecular weight is 429 g/mol. The zero-order valence-electron chi connectivity index (χ0n) is 16.8. The van der Waals surface area contributed by atoms with Crippen LogP contribution in [0.1, 0.15) is 33.2 Å². The van der Waals surface area contributed by atoms with Gasteiger partial charge in [0.05, 0.1) is 6.04 Å². The molecule has 1 aliphatic rings. The molecule has 1 atom stereocenters. The summed E-state index contributed by atoms with van der Waals surface area (Å²) in [4.78, 5) is 20.5. The number of H-pyrrole nitrogens is 1. The number of amides is 1. The van der Waals surface area contributed by atoms with Crippen molar-refractivity contribution in [2.45, 2.75) is 17.5 Å². The van der Waals surface area contributed by atoms with Gasteiger partial charge in [0.25, 0.3) is 5.91 Å². The number of aromatic amines is 1. The highest BCUT2D eigenvalue weighted by atomic mass is 32.2. The molecular formula is C24H20N4O2S. The quantitative estimate of drug-likeness (QED) is 0.453. The predicted molar refractivity (Wildman–Crippen MR) is 120 cm³/mol. The van der Waals surface area contributed by atoms with E-state index in [-0.39, 0.29) is 17.7 Å². The van der Waals surface area contributed by atoms with Crippen molar-refractivity contribution in [2.24, 2.45) is 0 Å². The molecule has 6 nitrogen and oxygen atoms in total. The minimum absolute atomic E-state index is 0.111. The zero-order valence-corrected chi connectivity index (χ0v) is 17.6. The van der Waals surface area contributed by atoms with Crippen LogP contribution in [0.4, 0.5) is 0 Å². The number of pyridine rings is 1. The van der Waals surface area contributed by atoms with Crippen LogP contribution in [-0.4, -0.2) is 37.4 Å². The van der Waals surface area contributed by atoms with Crippen LogP contribution in [0.2, 0.25) is 0 Å². The van der Waals surface area contributed by atoms with E-state index in [0.717, 1.165) is 21.6 Å². The number of nitrogens with one attached hydrogen (secondary N) is 1. The molecule has 1 aliphatic heterocycles. The minimum atomic E-state index is -0.320. The molecule has 5 rings (SSSR count). The number of carbonyl (C=O) groups excluding carboxylic acids is 1. The number of thioether (sulfide) groups is 1. The highest BCUT2D eigenvalue weighted by Gasteiger charge is 2.42.